The highest BCUT2D eigenvalue weighted by Gasteiger charge is 2.05. The summed E-state index contributed by atoms with van der Waals surface area (Å²) in [7, 11) is 0. The van der Waals surface area contributed by atoms with Crippen LogP contribution in [0.1, 0.15) is 49.6 Å². The summed E-state index contributed by atoms with van der Waals surface area (Å²) in [6.07, 6.45) is 6.12. The van der Waals surface area contributed by atoms with Crippen molar-refractivity contribution in [3.8, 4) is 17.3 Å². The zero-order chi connectivity index (χ0) is 27.7. The Hall–Kier alpha value is -4.07. The molecule has 4 heteroatoms. The van der Waals surface area contributed by atoms with Crippen molar-refractivity contribution in [2.75, 3.05) is 0 Å². The van der Waals surface area contributed by atoms with Gasteiger partial charge in [0.15, 0.2) is 0 Å². The summed E-state index contributed by atoms with van der Waals surface area (Å²) in [6, 6.07) is 22.8. The van der Waals surface area contributed by atoms with E-state index in [9.17, 15) is 0 Å². The molecule has 0 spiro atoms. The second kappa shape index (κ2) is 13.5. The van der Waals surface area contributed by atoms with Crippen LogP contribution in [0, 0.1) is 24.2 Å². The Morgan fingerprint density at radius 2 is 1.89 bits per heavy atom. The summed E-state index contributed by atoms with van der Waals surface area (Å²) in [5.41, 5.74) is 10.3. The lowest BCUT2D eigenvalue weighted by Gasteiger charge is -2.08. The quantitative estimate of drug-likeness (QED) is 0.144. The van der Waals surface area contributed by atoms with Gasteiger partial charge in [-0.2, -0.15) is 5.26 Å². The molecule has 1 atom stereocenters. The first-order valence-corrected chi connectivity index (χ1v) is 13.2. The molecule has 3 nitrogen and oxygen atoms in total. The van der Waals surface area contributed by atoms with Crippen LogP contribution in [-0.4, -0.2) is 15.3 Å². The van der Waals surface area contributed by atoms with E-state index in [2.05, 4.69) is 80.5 Å². The highest BCUT2D eigenvalue weighted by Crippen LogP contribution is 2.23. The molecule has 38 heavy (non-hydrogen) atoms. The van der Waals surface area contributed by atoms with Crippen LogP contribution in [0.3, 0.4) is 0 Å². The van der Waals surface area contributed by atoms with E-state index in [-0.39, 0.29) is 0 Å². The number of benzene rings is 2. The summed E-state index contributed by atoms with van der Waals surface area (Å²) in [5, 5.41) is 11.8. The molecule has 2 aromatic heterocycles. The zero-order valence-electron chi connectivity index (χ0n) is 22.7. The average Bonchev–Trinajstić information content (AvgIpc) is 3.40. The van der Waals surface area contributed by atoms with Gasteiger partial charge >= 0.3 is 0 Å². The third-order valence-corrected chi connectivity index (χ3v) is 6.99. The van der Waals surface area contributed by atoms with Gasteiger partial charge in [0.1, 0.15) is 0 Å². The Balaban J connectivity index is 0.000000216. The normalized spacial score (nSPS) is 11.7. The number of pyridine rings is 1. The Morgan fingerprint density at radius 1 is 1.11 bits per heavy atom. The van der Waals surface area contributed by atoms with Crippen molar-refractivity contribution in [1.82, 2.24) is 9.97 Å². The Bertz CT molecular complexity index is 1530. The van der Waals surface area contributed by atoms with Gasteiger partial charge in [0.2, 0.25) is 0 Å². The molecule has 0 amide bonds. The number of H-pyrrole nitrogens is 1. The van der Waals surface area contributed by atoms with Crippen molar-refractivity contribution >= 4 is 40.1 Å². The molecule has 192 valence electrons. The first-order chi connectivity index (χ1) is 18.2. The fourth-order valence-corrected chi connectivity index (χ4v) is 4.13. The van der Waals surface area contributed by atoms with E-state index in [1.807, 2.05) is 49.7 Å². The van der Waals surface area contributed by atoms with Gasteiger partial charge in [-0.1, -0.05) is 68.2 Å². The number of aromatic amines is 1. The van der Waals surface area contributed by atoms with Crippen molar-refractivity contribution in [1.29, 1.82) is 5.26 Å². The number of aryl methyl sites for hydroxylation is 2. The highest BCUT2D eigenvalue weighted by atomic mass is 32.1. The van der Waals surface area contributed by atoms with Crippen LogP contribution in [-0.2, 0) is 6.42 Å². The molecule has 0 fully saturated rings. The molecule has 0 saturated heterocycles. The van der Waals surface area contributed by atoms with Crippen LogP contribution in [0.2, 0.25) is 0 Å². The average molecular weight is 518 g/mol. The number of nitrogens with zero attached hydrogens (tertiary/aromatic N) is 2. The van der Waals surface area contributed by atoms with Gasteiger partial charge < -0.3 is 4.98 Å². The smallest absolute Gasteiger partial charge is 0.0991 e. The molecule has 0 aliphatic carbocycles. The summed E-state index contributed by atoms with van der Waals surface area (Å²) in [5.74, 6) is 0.471. The predicted octanol–water partition coefficient (Wildman–Crippen LogP) is 9.31. The van der Waals surface area contributed by atoms with Crippen molar-refractivity contribution in [2.45, 2.75) is 40.5 Å². The second-order valence-electron chi connectivity index (χ2n) is 9.73. The number of fused-ring (bicyclic) bond motifs is 1. The Labute approximate surface area is 232 Å². The molecule has 1 N–H and O–H groups in total. The van der Waals surface area contributed by atoms with E-state index in [1.54, 1.807) is 0 Å². The SMILES string of the molecule is C=C(C#N)c1ccc(CCC(C)C=S)cc1C.C=C(C)/C(C)=C/c1cccc(-c2ccc3[nH]ccc3c2)n1. The fraction of sp³-hybridized carbons (Fsp3) is 0.206. The van der Waals surface area contributed by atoms with Gasteiger partial charge in [0.05, 0.1) is 23.0 Å². The van der Waals surface area contributed by atoms with Crippen LogP contribution < -0.4 is 0 Å². The monoisotopic (exact) mass is 517 g/mol. The van der Waals surface area contributed by atoms with Crippen molar-refractivity contribution in [2.24, 2.45) is 5.92 Å². The van der Waals surface area contributed by atoms with E-state index in [0.717, 1.165) is 57.6 Å². The lowest BCUT2D eigenvalue weighted by atomic mass is 9.96. The third kappa shape index (κ3) is 7.71. The van der Waals surface area contributed by atoms with Crippen LogP contribution in [0.15, 0.2) is 91.2 Å². The number of thiocarbonyl (C=S) groups is 1. The number of nitrogens with one attached hydrogen (secondary N) is 1. The van der Waals surface area contributed by atoms with Crippen LogP contribution in [0.5, 0.6) is 0 Å². The minimum Gasteiger partial charge on any atom is -0.361 e. The standard InChI is InChI=1S/C19H18N2.C15H17NS/c1-13(2)14(3)11-17-5-4-6-19(21-17)15-7-8-18-16(12-15)9-10-20-18;1-11(10-17)4-5-14-6-7-15(12(2)8-14)13(3)9-16/h4-12,20H,1H2,2-3H3;6-8,10-11H,3-5H2,1-2H3/b14-11+;. The number of rotatable bonds is 8. The Kier molecular flexibility index (Phi) is 10.1. The molecule has 4 aromatic rings. The minimum atomic E-state index is 0.471. The maximum Gasteiger partial charge on any atom is 0.0991 e. The predicted molar refractivity (Wildman–Crippen MR) is 167 cm³/mol. The first-order valence-electron chi connectivity index (χ1n) is 12.7. The molecule has 2 aromatic carbocycles. The second-order valence-corrected chi connectivity index (χ2v) is 10.00. The van der Waals surface area contributed by atoms with E-state index in [4.69, 9.17) is 22.5 Å². The molecule has 1 unspecified atom stereocenters. The molecular formula is C34H35N3S. The molecule has 0 aliphatic rings. The van der Waals surface area contributed by atoms with Crippen molar-refractivity contribution in [3.63, 3.8) is 0 Å². The molecule has 4 rings (SSSR count). The number of aromatic nitrogens is 2. The molecule has 0 saturated carbocycles. The van der Waals surface area contributed by atoms with Gasteiger partial charge in [-0.05, 0) is 104 Å². The van der Waals surface area contributed by atoms with Crippen molar-refractivity contribution in [3.05, 3.63) is 114 Å². The van der Waals surface area contributed by atoms with E-state index < -0.39 is 0 Å². The van der Waals surface area contributed by atoms with Gasteiger partial charge in [-0.3, -0.25) is 0 Å². The zero-order valence-corrected chi connectivity index (χ0v) is 23.5. The molecule has 0 radical (unpaired) electrons. The highest BCUT2D eigenvalue weighted by molar-refractivity contribution is 7.79. The van der Waals surface area contributed by atoms with E-state index in [0.29, 0.717) is 11.5 Å². The fourth-order valence-electron chi connectivity index (χ4n) is 3.99. The Morgan fingerprint density at radius 3 is 2.58 bits per heavy atom. The first kappa shape index (κ1) is 28.5. The topological polar surface area (TPSA) is 52.5 Å². The minimum absolute atomic E-state index is 0.471. The maximum atomic E-state index is 8.82. The number of allylic oxidation sites excluding steroid dienone is 3. The maximum absolute atomic E-state index is 8.82. The summed E-state index contributed by atoms with van der Waals surface area (Å²) < 4.78 is 0. The van der Waals surface area contributed by atoms with Crippen molar-refractivity contribution < 1.29 is 0 Å². The lowest BCUT2D eigenvalue weighted by molar-refractivity contribution is 0.699. The third-order valence-electron chi connectivity index (χ3n) is 6.53. The lowest BCUT2D eigenvalue weighted by Crippen LogP contribution is -1.98. The number of hydrogen-bond donors (Lipinski definition) is 1. The van der Waals surface area contributed by atoms with Gasteiger partial charge in [-0.15, -0.1) is 0 Å². The largest absolute Gasteiger partial charge is 0.361 e. The number of hydrogen-bond acceptors (Lipinski definition) is 3. The number of nitriles is 1. The van der Waals surface area contributed by atoms with E-state index >= 15 is 0 Å². The summed E-state index contributed by atoms with van der Waals surface area (Å²) in [6.45, 7) is 15.9. The molecule has 0 bridgehead atoms. The molecular weight excluding hydrogens is 482 g/mol. The summed E-state index contributed by atoms with van der Waals surface area (Å²) in [4.78, 5) is 7.94. The van der Waals surface area contributed by atoms with Crippen LogP contribution in [0.25, 0.3) is 33.8 Å². The van der Waals surface area contributed by atoms with Crippen LogP contribution >= 0.6 is 12.2 Å². The van der Waals surface area contributed by atoms with E-state index in [1.165, 1.54) is 10.9 Å². The van der Waals surface area contributed by atoms with Crippen LogP contribution in [0.4, 0.5) is 0 Å². The molecule has 2 heterocycles. The van der Waals surface area contributed by atoms with Gasteiger partial charge in [0, 0.05) is 22.7 Å². The summed E-state index contributed by atoms with van der Waals surface area (Å²) >= 11 is 4.91. The van der Waals surface area contributed by atoms with Gasteiger partial charge in [-0.25, -0.2) is 4.98 Å². The van der Waals surface area contributed by atoms with Gasteiger partial charge in [0.25, 0.3) is 0 Å². The molecule has 0 aliphatic heterocycles.